The van der Waals surface area contributed by atoms with Gasteiger partial charge >= 0.3 is 0 Å². The number of hydrogen-bond acceptors (Lipinski definition) is 2. The molecule has 1 saturated carbocycles. The smallest absolute Gasteiger partial charge is 0.0440 e. The van der Waals surface area contributed by atoms with Crippen LogP contribution in [0.15, 0.2) is 30.3 Å². The zero-order valence-corrected chi connectivity index (χ0v) is 12.4. The van der Waals surface area contributed by atoms with Crippen LogP contribution in [0.2, 0.25) is 0 Å². The normalized spacial score (nSPS) is 25.0. The molecule has 0 spiro atoms. The second-order valence-electron chi connectivity index (χ2n) is 5.96. The van der Waals surface area contributed by atoms with E-state index in [4.69, 9.17) is 5.73 Å². The quantitative estimate of drug-likeness (QED) is 0.875. The van der Waals surface area contributed by atoms with Gasteiger partial charge in [0.1, 0.15) is 0 Å². The van der Waals surface area contributed by atoms with E-state index in [0.717, 1.165) is 24.9 Å². The molecule has 2 nitrogen and oxygen atoms in total. The number of para-hydroxylation sites is 1. The third-order valence-electron chi connectivity index (χ3n) is 4.59. The second-order valence-corrected chi connectivity index (χ2v) is 5.96. The Labute approximate surface area is 118 Å². The number of nitrogens with zero attached hydrogens (tertiary/aromatic N) is 1. The molecule has 2 N–H and O–H groups in total. The minimum atomic E-state index is 0.496. The van der Waals surface area contributed by atoms with Crippen molar-refractivity contribution in [1.29, 1.82) is 0 Å². The summed E-state index contributed by atoms with van der Waals surface area (Å²) in [6.07, 6.45) is 5.45. The summed E-state index contributed by atoms with van der Waals surface area (Å²) in [6, 6.07) is 11.2. The highest BCUT2D eigenvalue weighted by molar-refractivity contribution is 5.47. The third-order valence-corrected chi connectivity index (χ3v) is 4.59. The highest BCUT2D eigenvalue weighted by Crippen LogP contribution is 2.33. The van der Waals surface area contributed by atoms with Crippen LogP contribution in [0.25, 0.3) is 0 Å². The lowest BCUT2D eigenvalue weighted by molar-refractivity contribution is 0.242. The summed E-state index contributed by atoms with van der Waals surface area (Å²) < 4.78 is 0. The predicted molar refractivity (Wildman–Crippen MR) is 83.4 cm³/mol. The minimum absolute atomic E-state index is 0.496. The summed E-state index contributed by atoms with van der Waals surface area (Å²) in [7, 11) is 0. The molecular weight excluding hydrogens is 232 g/mol. The molecule has 2 heteroatoms. The van der Waals surface area contributed by atoms with Crippen LogP contribution in [0.3, 0.4) is 0 Å². The molecule has 1 aromatic carbocycles. The van der Waals surface area contributed by atoms with E-state index in [1.54, 1.807) is 0 Å². The van der Waals surface area contributed by atoms with E-state index in [9.17, 15) is 0 Å². The first-order valence-electron chi connectivity index (χ1n) is 7.78. The van der Waals surface area contributed by atoms with Crippen LogP contribution in [0.5, 0.6) is 0 Å². The molecule has 0 bridgehead atoms. The van der Waals surface area contributed by atoms with Crippen molar-refractivity contribution in [2.75, 3.05) is 18.0 Å². The van der Waals surface area contributed by atoms with E-state index < -0.39 is 0 Å². The third kappa shape index (κ3) is 3.50. The van der Waals surface area contributed by atoms with Crippen molar-refractivity contribution in [2.45, 2.75) is 45.6 Å². The predicted octanol–water partition coefficient (Wildman–Crippen LogP) is 3.67. The van der Waals surface area contributed by atoms with E-state index in [1.807, 2.05) is 0 Å². The Balaban J connectivity index is 2.14. The van der Waals surface area contributed by atoms with Crippen LogP contribution in [0, 0.1) is 11.8 Å². The fourth-order valence-corrected chi connectivity index (χ4v) is 3.63. The molecule has 0 amide bonds. The lowest BCUT2D eigenvalue weighted by Crippen LogP contribution is -2.47. The largest absolute Gasteiger partial charge is 0.367 e. The van der Waals surface area contributed by atoms with Crippen molar-refractivity contribution in [3.63, 3.8) is 0 Å². The van der Waals surface area contributed by atoms with E-state index in [1.165, 1.54) is 31.4 Å². The molecule has 0 aliphatic heterocycles. The number of likely N-dealkylation sites (N-methyl/N-ethyl adjacent to an activating group) is 1. The SMILES string of the molecule is CCN(c1ccccc1)C(CN)C1CCCC(C)C1. The summed E-state index contributed by atoms with van der Waals surface area (Å²) in [5, 5.41) is 0. The number of nitrogens with two attached hydrogens (primary N) is 1. The zero-order chi connectivity index (χ0) is 13.7. The van der Waals surface area contributed by atoms with Gasteiger partial charge in [0, 0.05) is 24.8 Å². The molecule has 106 valence electrons. The topological polar surface area (TPSA) is 29.3 Å². The Morgan fingerprint density at radius 2 is 2.00 bits per heavy atom. The molecule has 19 heavy (non-hydrogen) atoms. The van der Waals surface area contributed by atoms with Crippen LogP contribution in [-0.4, -0.2) is 19.1 Å². The van der Waals surface area contributed by atoms with Crippen molar-refractivity contribution in [1.82, 2.24) is 0 Å². The average Bonchev–Trinajstić information content (AvgIpc) is 2.45. The van der Waals surface area contributed by atoms with Gasteiger partial charge in [-0.05, 0) is 43.7 Å². The Morgan fingerprint density at radius 3 is 2.58 bits per heavy atom. The summed E-state index contributed by atoms with van der Waals surface area (Å²) >= 11 is 0. The summed E-state index contributed by atoms with van der Waals surface area (Å²) in [5.74, 6) is 1.62. The maximum absolute atomic E-state index is 6.12. The van der Waals surface area contributed by atoms with Crippen LogP contribution >= 0.6 is 0 Å². The maximum Gasteiger partial charge on any atom is 0.0440 e. The van der Waals surface area contributed by atoms with Crippen molar-refractivity contribution in [3.05, 3.63) is 30.3 Å². The van der Waals surface area contributed by atoms with E-state index in [2.05, 4.69) is 49.1 Å². The highest BCUT2D eigenvalue weighted by Gasteiger charge is 2.29. The van der Waals surface area contributed by atoms with Gasteiger partial charge in [0.2, 0.25) is 0 Å². The van der Waals surface area contributed by atoms with E-state index >= 15 is 0 Å². The molecule has 0 saturated heterocycles. The van der Waals surface area contributed by atoms with Gasteiger partial charge in [-0.2, -0.15) is 0 Å². The molecule has 1 aliphatic rings. The Kier molecular flexibility index (Phi) is 5.26. The van der Waals surface area contributed by atoms with Crippen molar-refractivity contribution in [3.8, 4) is 0 Å². The van der Waals surface area contributed by atoms with Crippen molar-refractivity contribution in [2.24, 2.45) is 17.6 Å². The first kappa shape index (κ1) is 14.4. The molecular formula is C17H28N2. The van der Waals surface area contributed by atoms with E-state index in [0.29, 0.717) is 6.04 Å². The first-order valence-corrected chi connectivity index (χ1v) is 7.78. The first-order chi connectivity index (χ1) is 9.26. The van der Waals surface area contributed by atoms with Gasteiger partial charge in [-0.3, -0.25) is 0 Å². The van der Waals surface area contributed by atoms with Crippen LogP contribution in [0.1, 0.15) is 39.5 Å². The van der Waals surface area contributed by atoms with Gasteiger partial charge in [0.15, 0.2) is 0 Å². The van der Waals surface area contributed by atoms with Gasteiger partial charge in [-0.25, -0.2) is 0 Å². The summed E-state index contributed by atoms with van der Waals surface area (Å²) in [6.45, 7) is 6.43. The molecule has 0 radical (unpaired) electrons. The van der Waals surface area contributed by atoms with Crippen LogP contribution in [0.4, 0.5) is 5.69 Å². The molecule has 2 rings (SSSR count). The van der Waals surface area contributed by atoms with E-state index in [-0.39, 0.29) is 0 Å². The molecule has 1 aromatic rings. The lowest BCUT2D eigenvalue weighted by atomic mass is 9.78. The number of rotatable bonds is 5. The number of benzene rings is 1. The van der Waals surface area contributed by atoms with Crippen LogP contribution < -0.4 is 10.6 Å². The fourth-order valence-electron chi connectivity index (χ4n) is 3.63. The molecule has 1 aliphatic carbocycles. The molecule has 1 fully saturated rings. The number of anilines is 1. The average molecular weight is 260 g/mol. The standard InChI is InChI=1S/C17H28N2/c1-3-19(16-10-5-4-6-11-16)17(13-18)15-9-7-8-14(2)12-15/h4-6,10-11,14-15,17H,3,7-9,12-13,18H2,1-2H3. The molecule has 3 atom stereocenters. The summed E-state index contributed by atoms with van der Waals surface area (Å²) in [5.41, 5.74) is 7.44. The highest BCUT2D eigenvalue weighted by atomic mass is 15.2. The Hall–Kier alpha value is -1.02. The van der Waals surface area contributed by atoms with Gasteiger partial charge in [-0.15, -0.1) is 0 Å². The Bertz CT molecular complexity index is 363. The Morgan fingerprint density at radius 1 is 1.26 bits per heavy atom. The maximum atomic E-state index is 6.12. The molecule has 0 heterocycles. The van der Waals surface area contributed by atoms with Gasteiger partial charge < -0.3 is 10.6 Å². The van der Waals surface area contributed by atoms with Crippen molar-refractivity contribution < 1.29 is 0 Å². The van der Waals surface area contributed by atoms with Crippen LogP contribution in [-0.2, 0) is 0 Å². The summed E-state index contributed by atoms with van der Waals surface area (Å²) in [4.78, 5) is 2.50. The van der Waals surface area contributed by atoms with Gasteiger partial charge in [0.05, 0.1) is 0 Å². The minimum Gasteiger partial charge on any atom is -0.367 e. The second kappa shape index (κ2) is 6.95. The lowest BCUT2D eigenvalue weighted by Gasteiger charge is -2.40. The number of hydrogen-bond donors (Lipinski definition) is 1. The zero-order valence-electron chi connectivity index (χ0n) is 12.4. The van der Waals surface area contributed by atoms with Crippen molar-refractivity contribution >= 4 is 5.69 Å². The van der Waals surface area contributed by atoms with Gasteiger partial charge in [0.25, 0.3) is 0 Å². The monoisotopic (exact) mass is 260 g/mol. The molecule has 3 unspecified atom stereocenters. The molecule has 0 aromatic heterocycles. The fraction of sp³-hybridized carbons (Fsp3) is 0.647. The van der Waals surface area contributed by atoms with Gasteiger partial charge in [-0.1, -0.05) is 38.0 Å².